The second-order valence-corrected chi connectivity index (χ2v) is 24.5. The normalized spacial score (nSPS) is 15.5. The smallest absolute Gasteiger partial charge is 0.494 e. The topological polar surface area (TPSA) is 240 Å². The summed E-state index contributed by atoms with van der Waals surface area (Å²) in [6.45, 7) is 19.1. The minimum absolute atomic E-state index is 0.0278. The molecular formula is C68H76BClN8O12. The number of halogens is 1. The van der Waals surface area contributed by atoms with Gasteiger partial charge in [-0.05, 0) is 98.1 Å². The molecule has 0 radical (unpaired) electrons. The summed E-state index contributed by atoms with van der Waals surface area (Å²) >= 11 is 6.48. The molecule has 8 aromatic rings. The van der Waals surface area contributed by atoms with Crippen LogP contribution in [0.5, 0.6) is 23.0 Å². The van der Waals surface area contributed by atoms with Crippen LogP contribution in [0.2, 0.25) is 5.02 Å². The number of ether oxygens (including phenoxy) is 6. The molecule has 6 aromatic heterocycles. The summed E-state index contributed by atoms with van der Waals surface area (Å²) < 4.78 is 58.4. The Hall–Kier alpha value is -8.57. The molecule has 3 fully saturated rings. The summed E-state index contributed by atoms with van der Waals surface area (Å²) in [5.41, 5.74) is 8.80. The van der Waals surface area contributed by atoms with E-state index < -0.39 is 18.3 Å². The monoisotopic (exact) mass is 1240 g/mol. The first-order valence-electron chi connectivity index (χ1n) is 29.9. The number of carbonyl (C=O) groups is 2. The molecule has 0 aliphatic carbocycles. The third-order valence-electron chi connectivity index (χ3n) is 16.2. The maximum atomic E-state index is 12.5. The van der Waals surface area contributed by atoms with Crippen LogP contribution >= 0.6 is 11.6 Å². The van der Waals surface area contributed by atoms with Crippen LogP contribution in [0.4, 0.5) is 0 Å². The Bertz CT molecular complexity index is 3990. The minimum atomic E-state index is -0.473. The highest BCUT2D eigenvalue weighted by Crippen LogP contribution is 2.43. The Morgan fingerprint density at radius 3 is 1.50 bits per heavy atom. The quantitative estimate of drug-likeness (QED) is 0.0919. The van der Waals surface area contributed by atoms with Crippen molar-refractivity contribution in [1.29, 1.82) is 10.5 Å². The van der Waals surface area contributed by atoms with E-state index in [4.69, 9.17) is 58.2 Å². The molecule has 22 heteroatoms. The zero-order chi connectivity index (χ0) is 64.8. The Balaban J connectivity index is 0.000000168. The van der Waals surface area contributed by atoms with Crippen LogP contribution < -0.4 is 24.4 Å². The maximum Gasteiger partial charge on any atom is 0.494 e. The summed E-state index contributed by atoms with van der Waals surface area (Å²) in [5.74, 6) is 3.03. The van der Waals surface area contributed by atoms with E-state index in [-0.39, 0.29) is 35.9 Å². The largest absolute Gasteiger partial charge is 0.494 e. The first-order valence-corrected chi connectivity index (χ1v) is 30.3. The average Bonchev–Trinajstić information content (AvgIpc) is 1.59. The molecule has 3 aliphatic rings. The van der Waals surface area contributed by atoms with Crippen LogP contribution in [0, 0.1) is 22.7 Å². The van der Waals surface area contributed by atoms with Crippen molar-refractivity contribution in [2.75, 3.05) is 68.8 Å². The zero-order valence-electron chi connectivity index (χ0n) is 53.5. The molecule has 3 saturated heterocycles. The predicted molar refractivity (Wildman–Crippen MR) is 343 cm³/mol. The van der Waals surface area contributed by atoms with E-state index in [1.165, 1.54) is 36.4 Å². The van der Waals surface area contributed by atoms with Crippen molar-refractivity contribution in [2.24, 2.45) is 0 Å². The van der Waals surface area contributed by atoms with Crippen molar-refractivity contribution in [3.8, 4) is 69.2 Å². The van der Waals surface area contributed by atoms with Gasteiger partial charge in [-0.3, -0.25) is 19.6 Å². The fourth-order valence-corrected chi connectivity index (χ4v) is 10.7. The third kappa shape index (κ3) is 14.4. The molecule has 0 unspecified atom stereocenters. The van der Waals surface area contributed by atoms with E-state index in [0.29, 0.717) is 122 Å². The second kappa shape index (κ2) is 28.1. The van der Waals surface area contributed by atoms with Gasteiger partial charge in [0, 0.05) is 96.4 Å². The molecule has 0 bridgehead atoms. The van der Waals surface area contributed by atoms with Crippen LogP contribution in [-0.4, -0.2) is 141 Å². The number of carbonyl (C=O) groups excluding carboxylic acids is 2. The van der Waals surface area contributed by atoms with Crippen LogP contribution in [0.15, 0.2) is 94.3 Å². The van der Waals surface area contributed by atoms with E-state index in [1.54, 1.807) is 58.7 Å². The lowest BCUT2D eigenvalue weighted by Gasteiger charge is -2.32. The zero-order valence-corrected chi connectivity index (χ0v) is 54.2. The summed E-state index contributed by atoms with van der Waals surface area (Å²) in [7, 11) is 9.31. The highest BCUT2D eigenvalue weighted by atomic mass is 35.5. The first-order chi connectivity index (χ1) is 42.9. The van der Waals surface area contributed by atoms with E-state index >= 15 is 0 Å². The summed E-state index contributed by atoms with van der Waals surface area (Å²) in [6, 6.07) is 22.6. The van der Waals surface area contributed by atoms with E-state index in [1.807, 2.05) is 84.1 Å². The molecule has 0 spiro atoms. The molecule has 2 aromatic carbocycles. The number of hydrogen-bond acceptors (Lipinski definition) is 18. The molecule has 3 aliphatic heterocycles. The van der Waals surface area contributed by atoms with Gasteiger partial charge in [-0.1, -0.05) is 51.4 Å². The van der Waals surface area contributed by atoms with Gasteiger partial charge < -0.3 is 56.4 Å². The Kier molecular flexibility index (Phi) is 20.6. The number of amides is 2. The Morgan fingerprint density at radius 2 is 1.04 bits per heavy atom. The second-order valence-electron chi connectivity index (χ2n) is 24.2. The first kappa shape index (κ1) is 65.9. The van der Waals surface area contributed by atoms with Gasteiger partial charge in [-0.25, -0.2) is 9.97 Å². The highest BCUT2D eigenvalue weighted by molar-refractivity contribution is 6.62. The standard InChI is InChI=1S/C31H32N4O5.C19H20ClN3O3.C18H24BNO4/c1-18(2)23-17-33-24-14-27(29-26(37-5)13-21(16-34-29)31(36)35(3)4)40-30(24)28(23)19-6-7-25(20(12-19)15-32)39-22-8-10-38-11-9-22;1-10(2)12-9-21-13-7-15(26-18(13)16(12)20)17-14(25-5)6-11(8-22-17)19(24)23(3)4;1-17(2)18(3,4)24-19(23-17)14-5-6-16(13(11-14)12-20)22-15-7-9-21-10-8-15/h6-7,12-14,16-18,22H,8-11H2,1-5H3;6-10H,1-5H3;5-6,11,15H,7-10H2,1-4H3. The van der Waals surface area contributed by atoms with Gasteiger partial charge in [0.05, 0.1) is 79.1 Å². The number of aromatic nitrogens is 4. The van der Waals surface area contributed by atoms with Crippen LogP contribution in [0.3, 0.4) is 0 Å². The van der Waals surface area contributed by atoms with Crippen molar-refractivity contribution in [3.05, 3.63) is 124 Å². The molecule has 0 saturated carbocycles. The number of furan rings is 2. The van der Waals surface area contributed by atoms with Crippen molar-refractivity contribution in [1.82, 2.24) is 29.7 Å². The molecule has 9 heterocycles. The molecule has 11 rings (SSSR count). The van der Waals surface area contributed by atoms with Gasteiger partial charge in [0.25, 0.3) is 11.8 Å². The van der Waals surface area contributed by atoms with Crippen molar-refractivity contribution in [3.63, 3.8) is 0 Å². The molecular weight excluding hydrogens is 1170 g/mol. The van der Waals surface area contributed by atoms with Crippen molar-refractivity contribution >= 4 is 58.2 Å². The van der Waals surface area contributed by atoms with Crippen LogP contribution in [0.25, 0.3) is 56.2 Å². The molecule has 2 amide bonds. The fraction of sp³-hybridized carbons (Fsp3) is 0.412. The molecule has 90 heavy (non-hydrogen) atoms. The lowest BCUT2D eigenvalue weighted by Crippen LogP contribution is -2.41. The molecule has 20 nitrogen and oxygen atoms in total. The van der Waals surface area contributed by atoms with Gasteiger partial charge in [0.15, 0.2) is 22.7 Å². The van der Waals surface area contributed by atoms with Gasteiger partial charge >= 0.3 is 7.12 Å². The number of methoxy groups -OCH3 is 2. The number of hydrogen-bond donors (Lipinski definition) is 0. The highest BCUT2D eigenvalue weighted by Gasteiger charge is 2.52. The number of nitrogens with zero attached hydrogens (tertiary/aromatic N) is 8. The lowest BCUT2D eigenvalue weighted by atomic mass is 9.78. The fourth-order valence-electron chi connectivity index (χ4n) is 10.3. The van der Waals surface area contributed by atoms with Gasteiger partial charge in [0.2, 0.25) is 0 Å². The Morgan fingerprint density at radius 1 is 0.600 bits per heavy atom. The summed E-state index contributed by atoms with van der Waals surface area (Å²) in [5, 5.41) is 20.0. The predicted octanol–water partition coefficient (Wildman–Crippen LogP) is 12.6. The SMILES string of the molecule is CC1(C)OB(c2ccc(OC3CCOCC3)c(C#N)c2)OC1(C)C.COc1cc(C(=O)N(C)C)cnc1-c1cc2ncc(C(C)C)c(-c3ccc(OC4CCOCC4)c(C#N)c3)c2o1.COc1cc(C(=O)N(C)C)cnc1-c1cc2ncc(C(C)C)c(Cl)c2o1. The minimum Gasteiger partial charge on any atom is -0.494 e. The van der Waals surface area contributed by atoms with E-state index in [9.17, 15) is 20.1 Å². The summed E-state index contributed by atoms with van der Waals surface area (Å²) in [4.78, 5) is 45.5. The van der Waals surface area contributed by atoms with Gasteiger partial charge in [-0.2, -0.15) is 10.5 Å². The number of fused-ring (bicyclic) bond motifs is 2. The van der Waals surface area contributed by atoms with Gasteiger partial charge in [0.1, 0.15) is 69.8 Å². The Labute approximate surface area is 530 Å². The molecule has 0 atom stereocenters. The van der Waals surface area contributed by atoms with Crippen LogP contribution in [-0.2, 0) is 18.8 Å². The number of pyridine rings is 4. The summed E-state index contributed by atoms with van der Waals surface area (Å²) in [6.07, 6.45) is 10.1. The van der Waals surface area contributed by atoms with E-state index in [2.05, 4.69) is 45.9 Å². The van der Waals surface area contributed by atoms with Crippen molar-refractivity contribution < 1.29 is 56.2 Å². The number of nitriles is 2. The molecule has 470 valence electrons. The van der Waals surface area contributed by atoms with Gasteiger partial charge in [-0.15, -0.1) is 0 Å². The number of benzene rings is 2. The van der Waals surface area contributed by atoms with Crippen LogP contribution in [0.1, 0.15) is 136 Å². The maximum absolute atomic E-state index is 12.5. The third-order valence-corrected chi connectivity index (χ3v) is 16.6. The lowest BCUT2D eigenvalue weighted by molar-refractivity contribution is 0.00578. The van der Waals surface area contributed by atoms with E-state index in [0.717, 1.165) is 53.4 Å². The number of rotatable bonds is 14. The van der Waals surface area contributed by atoms with Crippen molar-refractivity contribution in [2.45, 2.75) is 116 Å². The average molecular weight is 1240 g/mol. The molecule has 0 N–H and O–H groups in total.